The Morgan fingerprint density at radius 3 is 1.95 bits per heavy atom. The number of carbonyl (C=O) groups excluding carboxylic acids is 1. The van der Waals surface area contributed by atoms with E-state index >= 15 is 0 Å². The van der Waals surface area contributed by atoms with Crippen LogP contribution < -0.4 is 0 Å². The zero-order valence-corrected chi connectivity index (χ0v) is 11.4. The molecule has 0 radical (unpaired) electrons. The van der Waals surface area contributed by atoms with Crippen LogP contribution in [0.3, 0.4) is 0 Å². The summed E-state index contributed by atoms with van der Waals surface area (Å²) in [7, 11) is -1.12. The van der Waals surface area contributed by atoms with Gasteiger partial charge in [-0.15, -0.1) is 0 Å². The highest BCUT2D eigenvalue weighted by molar-refractivity contribution is 7.84. The van der Waals surface area contributed by atoms with Crippen molar-refractivity contribution >= 4 is 16.6 Å². The third kappa shape index (κ3) is 4.79. The van der Waals surface area contributed by atoms with Gasteiger partial charge in [-0.2, -0.15) is 0 Å². The van der Waals surface area contributed by atoms with Crippen LogP contribution in [0.4, 0.5) is 0 Å². The van der Waals surface area contributed by atoms with Crippen molar-refractivity contribution in [2.75, 3.05) is 5.75 Å². The Labute approximate surface area is 115 Å². The fourth-order valence-corrected chi connectivity index (χ4v) is 2.99. The molecule has 0 amide bonds. The van der Waals surface area contributed by atoms with Crippen molar-refractivity contribution in [1.29, 1.82) is 0 Å². The number of hydrogen-bond acceptors (Lipinski definition) is 2. The maximum Gasteiger partial charge on any atom is 0.149 e. The van der Waals surface area contributed by atoms with Crippen LogP contribution in [-0.4, -0.2) is 15.7 Å². The summed E-state index contributed by atoms with van der Waals surface area (Å²) in [6.45, 7) is 0. The van der Waals surface area contributed by atoms with Gasteiger partial charge in [0.25, 0.3) is 0 Å². The Bertz CT molecular complexity index is 498. The molecule has 2 aromatic carbocycles. The maximum atomic E-state index is 11.9. The molecule has 0 aliphatic rings. The van der Waals surface area contributed by atoms with Crippen LogP contribution in [0.1, 0.15) is 11.1 Å². The van der Waals surface area contributed by atoms with E-state index in [4.69, 9.17) is 0 Å². The highest BCUT2D eigenvalue weighted by Crippen LogP contribution is 2.05. The van der Waals surface area contributed by atoms with Gasteiger partial charge in [-0.05, 0) is 11.1 Å². The molecule has 0 spiro atoms. The topological polar surface area (TPSA) is 34.1 Å². The third-order valence-electron chi connectivity index (χ3n) is 2.74. The van der Waals surface area contributed by atoms with E-state index in [2.05, 4.69) is 0 Å². The minimum absolute atomic E-state index is 0.0282. The summed E-state index contributed by atoms with van der Waals surface area (Å²) in [6.07, 6.45) is 0.362. The van der Waals surface area contributed by atoms with Crippen LogP contribution >= 0.6 is 0 Å². The van der Waals surface area contributed by atoms with E-state index in [-0.39, 0.29) is 11.5 Å². The van der Waals surface area contributed by atoms with Gasteiger partial charge in [-0.25, -0.2) is 0 Å². The molecule has 2 aromatic rings. The summed E-state index contributed by atoms with van der Waals surface area (Å²) in [4.78, 5) is 11.8. The minimum Gasteiger partial charge on any atom is -0.298 e. The van der Waals surface area contributed by atoms with Crippen molar-refractivity contribution < 1.29 is 9.00 Å². The van der Waals surface area contributed by atoms with Crippen LogP contribution in [-0.2, 0) is 27.8 Å². The van der Waals surface area contributed by atoms with Crippen LogP contribution in [0.2, 0.25) is 0 Å². The predicted molar refractivity (Wildman–Crippen MR) is 78.3 cm³/mol. The quantitative estimate of drug-likeness (QED) is 0.810. The second-order valence-electron chi connectivity index (χ2n) is 4.42. The Morgan fingerprint density at radius 2 is 1.37 bits per heavy atom. The van der Waals surface area contributed by atoms with E-state index in [9.17, 15) is 9.00 Å². The van der Waals surface area contributed by atoms with Gasteiger partial charge in [0.05, 0.1) is 5.75 Å². The molecule has 2 nitrogen and oxygen atoms in total. The van der Waals surface area contributed by atoms with Crippen molar-refractivity contribution in [3.05, 3.63) is 71.8 Å². The van der Waals surface area contributed by atoms with Crippen molar-refractivity contribution in [3.8, 4) is 0 Å². The summed E-state index contributed by atoms with van der Waals surface area (Å²) >= 11 is 0. The molecule has 1 atom stereocenters. The Balaban J connectivity index is 1.84. The Kier molecular flexibility index (Phi) is 5.04. The Hall–Kier alpha value is -1.74. The van der Waals surface area contributed by atoms with E-state index in [1.54, 1.807) is 0 Å². The molecular formula is C16H16O2S. The average molecular weight is 272 g/mol. The molecule has 98 valence electrons. The van der Waals surface area contributed by atoms with Crippen LogP contribution in [0.15, 0.2) is 60.7 Å². The van der Waals surface area contributed by atoms with Gasteiger partial charge in [0, 0.05) is 23.0 Å². The SMILES string of the molecule is O=C(Cc1ccccc1)CS(=O)Cc1ccccc1. The van der Waals surface area contributed by atoms with Crippen molar-refractivity contribution in [2.45, 2.75) is 12.2 Å². The molecule has 0 fully saturated rings. The lowest BCUT2D eigenvalue weighted by Gasteiger charge is -2.03. The third-order valence-corrected chi connectivity index (χ3v) is 4.04. The predicted octanol–water partition coefficient (Wildman–Crippen LogP) is 2.75. The molecule has 0 aromatic heterocycles. The zero-order chi connectivity index (χ0) is 13.5. The first-order valence-corrected chi connectivity index (χ1v) is 7.67. The standard InChI is InChI=1S/C16H16O2S/c17-16(11-14-7-3-1-4-8-14)13-19(18)12-15-9-5-2-6-10-15/h1-10H,11-13H2. The lowest BCUT2D eigenvalue weighted by molar-refractivity contribution is -0.116. The van der Waals surface area contributed by atoms with E-state index in [1.165, 1.54) is 0 Å². The fraction of sp³-hybridized carbons (Fsp3) is 0.188. The first-order valence-electron chi connectivity index (χ1n) is 6.18. The summed E-state index contributed by atoms with van der Waals surface area (Å²) in [5, 5.41) is 0. The number of hydrogen-bond donors (Lipinski definition) is 0. The fourth-order valence-electron chi connectivity index (χ4n) is 1.87. The lowest BCUT2D eigenvalue weighted by Crippen LogP contribution is -2.14. The molecule has 0 aliphatic carbocycles. The molecule has 19 heavy (non-hydrogen) atoms. The Morgan fingerprint density at radius 1 is 0.842 bits per heavy atom. The molecule has 0 saturated carbocycles. The second-order valence-corrected chi connectivity index (χ2v) is 5.87. The lowest BCUT2D eigenvalue weighted by atomic mass is 10.1. The number of Topliss-reactive ketones (excluding diaryl/α,β-unsaturated/α-hetero) is 1. The summed E-state index contributed by atoms with van der Waals surface area (Å²) in [5.41, 5.74) is 1.98. The first kappa shape index (κ1) is 13.7. The number of benzene rings is 2. The van der Waals surface area contributed by atoms with Crippen LogP contribution in [0.25, 0.3) is 0 Å². The number of ketones is 1. The summed E-state index contributed by atoms with van der Waals surface area (Å²) < 4.78 is 11.9. The molecule has 1 unspecified atom stereocenters. The monoisotopic (exact) mass is 272 g/mol. The van der Waals surface area contributed by atoms with E-state index in [0.717, 1.165) is 11.1 Å². The van der Waals surface area contributed by atoms with E-state index in [0.29, 0.717) is 12.2 Å². The highest BCUT2D eigenvalue weighted by atomic mass is 32.2. The average Bonchev–Trinajstić information content (AvgIpc) is 2.40. The van der Waals surface area contributed by atoms with Crippen molar-refractivity contribution in [1.82, 2.24) is 0 Å². The largest absolute Gasteiger partial charge is 0.298 e. The zero-order valence-electron chi connectivity index (χ0n) is 10.6. The van der Waals surface area contributed by atoms with Gasteiger partial charge < -0.3 is 0 Å². The van der Waals surface area contributed by atoms with Gasteiger partial charge in [0.15, 0.2) is 0 Å². The molecule has 0 saturated heterocycles. The molecule has 0 N–H and O–H groups in total. The smallest absolute Gasteiger partial charge is 0.149 e. The van der Waals surface area contributed by atoms with Crippen molar-refractivity contribution in [2.24, 2.45) is 0 Å². The minimum atomic E-state index is -1.12. The number of carbonyl (C=O) groups is 1. The normalized spacial score (nSPS) is 12.0. The molecule has 0 heterocycles. The molecule has 2 rings (SSSR count). The molecule has 0 bridgehead atoms. The first-order chi connectivity index (χ1) is 9.24. The molecule has 0 aliphatic heterocycles. The van der Waals surface area contributed by atoms with Crippen molar-refractivity contribution in [3.63, 3.8) is 0 Å². The maximum absolute atomic E-state index is 11.9. The van der Waals surface area contributed by atoms with Gasteiger partial charge >= 0.3 is 0 Å². The second kappa shape index (κ2) is 7.00. The van der Waals surface area contributed by atoms with Crippen LogP contribution in [0, 0.1) is 0 Å². The van der Waals surface area contributed by atoms with Gasteiger partial charge in [-0.3, -0.25) is 9.00 Å². The summed E-state index contributed by atoms with van der Waals surface area (Å²) in [6, 6.07) is 19.2. The molecule has 3 heteroatoms. The summed E-state index contributed by atoms with van der Waals surface area (Å²) in [5.74, 6) is 0.603. The van der Waals surface area contributed by atoms with Crippen LogP contribution in [0.5, 0.6) is 0 Å². The number of rotatable bonds is 6. The van der Waals surface area contributed by atoms with E-state index < -0.39 is 10.8 Å². The van der Waals surface area contributed by atoms with Gasteiger partial charge in [-0.1, -0.05) is 60.7 Å². The highest BCUT2D eigenvalue weighted by Gasteiger charge is 2.09. The molecular weight excluding hydrogens is 256 g/mol. The van der Waals surface area contributed by atoms with Gasteiger partial charge in [0.2, 0.25) is 0 Å². The van der Waals surface area contributed by atoms with E-state index in [1.807, 2.05) is 60.7 Å². The van der Waals surface area contributed by atoms with Gasteiger partial charge in [0.1, 0.15) is 5.78 Å².